The summed E-state index contributed by atoms with van der Waals surface area (Å²) in [7, 11) is 3.10. The molecule has 0 fully saturated rings. The Hall–Kier alpha value is -4.13. The quantitative estimate of drug-likeness (QED) is 0.595. The molecule has 1 N–H and O–H groups in total. The summed E-state index contributed by atoms with van der Waals surface area (Å²) in [6.45, 7) is 0.156. The van der Waals surface area contributed by atoms with E-state index in [1.54, 1.807) is 56.9 Å². The Bertz CT molecular complexity index is 1120. The highest BCUT2D eigenvalue weighted by atomic mass is 16.5. The van der Waals surface area contributed by atoms with Crippen LogP contribution in [0.25, 0.3) is 5.57 Å². The van der Waals surface area contributed by atoms with Crippen molar-refractivity contribution in [3.05, 3.63) is 89.9 Å². The predicted octanol–water partition coefficient (Wildman–Crippen LogP) is 3.49. The van der Waals surface area contributed by atoms with Gasteiger partial charge in [0, 0.05) is 36.3 Å². The van der Waals surface area contributed by atoms with Crippen LogP contribution in [0.2, 0.25) is 0 Å². The van der Waals surface area contributed by atoms with Crippen molar-refractivity contribution in [1.29, 1.82) is 0 Å². The fraction of sp³-hybridized carbons (Fsp3) is 0.125. The summed E-state index contributed by atoms with van der Waals surface area (Å²) < 4.78 is 10.6. The third kappa shape index (κ3) is 4.11. The molecule has 7 heteroatoms. The van der Waals surface area contributed by atoms with Gasteiger partial charge in [0.05, 0.1) is 26.3 Å². The maximum atomic E-state index is 13.3. The average Bonchev–Trinajstić information content (AvgIpc) is 3.04. The number of methoxy groups -OCH3 is 2. The molecule has 0 saturated heterocycles. The van der Waals surface area contributed by atoms with Crippen molar-refractivity contribution in [1.82, 2.24) is 9.88 Å². The molecule has 7 nitrogen and oxygen atoms in total. The minimum Gasteiger partial charge on any atom is -0.497 e. The van der Waals surface area contributed by atoms with E-state index in [-0.39, 0.29) is 18.1 Å². The van der Waals surface area contributed by atoms with Crippen LogP contribution in [0.15, 0.2) is 78.8 Å². The molecular weight excluding hydrogens is 394 g/mol. The number of nitrogens with one attached hydrogen (secondary N) is 1. The molecular formula is C24H21N3O4. The summed E-state index contributed by atoms with van der Waals surface area (Å²) in [4.78, 5) is 31.9. The van der Waals surface area contributed by atoms with Gasteiger partial charge < -0.3 is 14.8 Å². The number of aromatic nitrogens is 1. The lowest BCUT2D eigenvalue weighted by molar-refractivity contribution is -0.137. The monoisotopic (exact) mass is 415 g/mol. The number of benzene rings is 2. The first kappa shape index (κ1) is 20.2. The highest BCUT2D eigenvalue weighted by Gasteiger charge is 2.39. The zero-order valence-electron chi connectivity index (χ0n) is 17.2. The molecule has 0 aliphatic carbocycles. The molecule has 1 aromatic heterocycles. The maximum absolute atomic E-state index is 13.3. The van der Waals surface area contributed by atoms with E-state index in [1.165, 1.54) is 4.90 Å². The number of ether oxygens (including phenoxy) is 2. The molecule has 0 bridgehead atoms. The molecule has 2 amide bonds. The molecule has 1 aliphatic rings. The van der Waals surface area contributed by atoms with Crippen molar-refractivity contribution in [2.75, 3.05) is 19.5 Å². The van der Waals surface area contributed by atoms with Crippen LogP contribution in [0.5, 0.6) is 11.5 Å². The fourth-order valence-electron chi connectivity index (χ4n) is 3.40. The lowest BCUT2D eigenvalue weighted by atomic mass is 10.0. The third-order valence-corrected chi connectivity index (χ3v) is 4.94. The lowest BCUT2D eigenvalue weighted by Gasteiger charge is -2.15. The molecule has 156 valence electrons. The van der Waals surface area contributed by atoms with Gasteiger partial charge in [-0.25, -0.2) is 0 Å². The third-order valence-electron chi connectivity index (χ3n) is 4.94. The first-order valence-electron chi connectivity index (χ1n) is 9.65. The van der Waals surface area contributed by atoms with Gasteiger partial charge in [-0.2, -0.15) is 0 Å². The van der Waals surface area contributed by atoms with Crippen LogP contribution in [0, 0.1) is 0 Å². The van der Waals surface area contributed by atoms with Crippen LogP contribution in [-0.2, 0) is 16.1 Å². The highest BCUT2D eigenvalue weighted by Crippen LogP contribution is 2.33. The minimum atomic E-state index is -0.401. The van der Waals surface area contributed by atoms with Crippen molar-refractivity contribution in [3.8, 4) is 11.5 Å². The summed E-state index contributed by atoms with van der Waals surface area (Å²) in [5.74, 6) is 0.371. The standard InChI is InChI=1S/C24H21N3O4/c1-30-19-12-18(13-20(14-19)31-2)26-22-21(17-6-4-3-5-7-17)23(28)27(24(22)29)15-16-8-10-25-11-9-16/h3-14,26H,15H2,1-2H3. The van der Waals surface area contributed by atoms with Crippen molar-refractivity contribution >= 4 is 23.1 Å². The van der Waals surface area contributed by atoms with Gasteiger partial charge in [0.15, 0.2) is 0 Å². The van der Waals surface area contributed by atoms with E-state index in [4.69, 9.17) is 9.47 Å². The van der Waals surface area contributed by atoms with Gasteiger partial charge in [0.1, 0.15) is 17.2 Å². The Balaban J connectivity index is 1.75. The first-order chi connectivity index (χ1) is 15.1. The predicted molar refractivity (Wildman–Crippen MR) is 116 cm³/mol. The molecule has 2 aromatic carbocycles. The summed E-state index contributed by atoms with van der Waals surface area (Å²) in [6.07, 6.45) is 3.27. The number of nitrogens with zero attached hydrogens (tertiary/aromatic N) is 2. The Morgan fingerprint density at radius 1 is 0.871 bits per heavy atom. The Labute approximate surface area is 179 Å². The smallest absolute Gasteiger partial charge is 0.278 e. The SMILES string of the molecule is COc1cc(NC2=C(c3ccccc3)C(=O)N(Cc3ccncc3)C2=O)cc(OC)c1. The first-order valence-corrected chi connectivity index (χ1v) is 9.65. The summed E-state index contributed by atoms with van der Waals surface area (Å²) in [5, 5.41) is 3.13. The zero-order chi connectivity index (χ0) is 21.8. The van der Waals surface area contributed by atoms with Gasteiger partial charge >= 0.3 is 0 Å². The number of carbonyl (C=O) groups is 2. The van der Waals surface area contributed by atoms with Crippen LogP contribution < -0.4 is 14.8 Å². The second-order valence-corrected chi connectivity index (χ2v) is 6.89. The van der Waals surface area contributed by atoms with E-state index in [0.29, 0.717) is 28.3 Å². The van der Waals surface area contributed by atoms with Gasteiger partial charge in [-0.1, -0.05) is 30.3 Å². The van der Waals surface area contributed by atoms with E-state index in [9.17, 15) is 9.59 Å². The largest absolute Gasteiger partial charge is 0.497 e. The molecule has 0 saturated carbocycles. The summed E-state index contributed by atoms with van der Waals surface area (Å²) in [6, 6.07) is 17.9. The van der Waals surface area contributed by atoms with Crippen LogP contribution in [0.3, 0.4) is 0 Å². The van der Waals surface area contributed by atoms with Gasteiger partial charge in [0.2, 0.25) is 0 Å². The molecule has 0 radical (unpaired) electrons. The summed E-state index contributed by atoms with van der Waals surface area (Å²) in [5.41, 5.74) is 2.58. The van der Waals surface area contributed by atoms with Crippen molar-refractivity contribution < 1.29 is 19.1 Å². The average molecular weight is 415 g/mol. The van der Waals surface area contributed by atoms with Crippen molar-refractivity contribution in [3.63, 3.8) is 0 Å². The Morgan fingerprint density at radius 3 is 2.13 bits per heavy atom. The molecule has 2 heterocycles. The number of imide groups is 1. The van der Waals surface area contributed by atoms with Gasteiger partial charge in [0.25, 0.3) is 11.8 Å². The van der Waals surface area contributed by atoms with Crippen LogP contribution in [-0.4, -0.2) is 35.9 Å². The number of rotatable bonds is 7. The van der Waals surface area contributed by atoms with Crippen LogP contribution >= 0.6 is 0 Å². The number of anilines is 1. The van der Waals surface area contributed by atoms with Crippen molar-refractivity contribution in [2.45, 2.75) is 6.54 Å². The van der Waals surface area contributed by atoms with E-state index >= 15 is 0 Å². The van der Waals surface area contributed by atoms with Gasteiger partial charge in [-0.3, -0.25) is 19.5 Å². The molecule has 0 spiro atoms. The topological polar surface area (TPSA) is 80.8 Å². The molecule has 3 aromatic rings. The minimum absolute atomic E-state index is 0.156. The van der Waals surface area contributed by atoms with Crippen molar-refractivity contribution in [2.24, 2.45) is 0 Å². The fourth-order valence-corrected chi connectivity index (χ4v) is 3.40. The Morgan fingerprint density at radius 2 is 1.52 bits per heavy atom. The molecule has 4 rings (SSSR count). The number of amides is 2. The highest BCUT2D eigenvalue weighted by molar-refractivity contribution is 6.36. The zero-order valence-corrected chi connectivity index (χ0v) is 17.2. The van der Waals surface area contributed by atoms with E-state index in [2.05, 4.69) is 10.3 Å². The van der Waals surface area contributed by atoms with Gasteiger partial charge in [-0.15, -0.1) is 0 Å². The molecule has 0 unspecified atom stereocenters. The maximum Gasteiger partial charge on any atom is 0.278 e. The second kappa shape index (κ2) is 8.71. The number of carbonyl (C=O) groups excluding carboxylic acids is 2. The second-order valence-electron chi connectivity index (χ2n) is 6.89. The van der Waals surface area contributed by atoms with E-state index in [0.717, 1.165) is 5.56 Å². The Kier molecular flexibility index (Phi) is 5.66. The van der Waals surface area contributed by atoms with Gasteiger partial charge in [-0.05, 0) is 23.3 Å². The summed E-state index contributed by atoms with van der Waals surface area (Å²) >= 11 is 0. The van der Waals surface area contributed by atoms with E-state index < -0.39 is 5.91 Å². The molecule has 0 atom stereocenters. The molecule has 31 heavy (non-hydrogen) atoms. The number of hydrogen-bond donors (Lipinski definition) is 1. The molecule has 1 aliphatic heterocycles. The van der Waals surface area contributed by atoms with Crippen LogP contribution in [0.1, 0.15) is 11.1 Å². The number of pyridine rings is 1. The van der Waals surface area contributed by atoms with E-state index in [1.807, 2.05) is 30.3 Å². The van der Waals surface area contributed by atoms with Crippen LogP contribution in [0.4, 0.5) is 5.69 Å². The number of hydrogen-bond acceptors (Lipinski definition) is 6. The lowest BCUT2D eigenvalue weighted by Crippen LogP contribution is -2.32. The normalized spacial score (nSPS) is 13.5.